The van der Waals surface area contributed by atoms with E-state index in [0.29, 0.717) is 0 Å². The SMILES string of the molecule is C[O+](C)[C@H]1[C@H](O[C@H]2[C@H](O)[C@@H](O)[C@H](O)O[C@@H]2CO)O[C@H](CO)[C@H](O[C@H]2O[C@H](CO)[C@H](O)[C@H](O)[C@H]2O)[C@@H]1O. The molecule has 212 valence electrons. The van der Waals surface area contributed by atoms with Crippen LogP contribution in [0.2, 0.25) is 0 Å². The molecule has 0 aromatic carbocycles. The van der Waals surface area contributed by atoms with Gasteiger partial charge in [-0.05, 0) is 0 Å². The third kappa shape index (κ3) is 5.84. The van der Waals surface area contributed by atoms with E-state index in [1.807, 2.05) is 0 Å². The molecule has 36 heavy (non-hydrogen) atoms. The van der Waals surface area contributed by atoms with E-state index in [2.05, 4.69) is 4.37 Å². The van der Waals surface area contributed by atoms with Crippen molar-refractivity contribution in [3.8, 4) is 0 Å². The summed E-state index contributed by atoms with van der Waals surface area (Å²) in [6.07, 6.45) is -22.8. The Morgan fingerprint density at radius 1 is 0.556 bits per heavy atom. The third-order valence-corrected chi connectivity index (χ3v) is 6.61. The number of hydrogen-bond acceptors (Lipinski definition) is 15. The zero-order chi connectivity index (χ0) is 26.9. The van der Waals surface area contributed by atoms with Gasteiger partial charge in [-0.25, -0.2) is 0 Å². The summed E-state index contributed by atoms with van der Waals surface area (Å²) in [5, 5.41) is 100. The predicted molar refractivity (Wildman–Crippen MR) is 112 cm³/mol. The molecule has 0 aliphatic carbocycles. The Bertz CT molecular complexity index is 680. The smallest absolute Gasteiger partial charge is 0.236 e. The van der Waals surface area contributed by atoms with Gasteiger partial charge in [-0.3, -0.25) is 0 Å². The minimum atomic E-state index is -1.78. The summed E-state index contributed by atoms with van der Waals surface area (Å²) in [6, 6.07) is 0. The van der Waals surface area contributed by atoms with Gasteiger partial charge in [-0.1, -0.05) is 0 Å². The first-order chi connectivity index (χ1) is 17.0. The highest BCUT2D eigenvalue weighted by atomic mass is 16.8. The minimum absolute atomic E-state index is 0.702. The van der Waals surface area contributed by atoms with Gasteiger partial charge < -0.3 is 79.1 Å². The summed E-state index contributed by atoms with van der Waals surface area (Å²) in [7, 11) is 2.93. The first-order valence-electron chi connectivity index (χ1n) is 11.4. The van der Waals surface area contributed by atoms with Gasteiger partial charge in [0.25, 0.3) is 0 Å². The van der Waals surface area contributed by atoms with Crippen molar-refractivity contribution < 1.29 is 79.1 Å². The lowest BCUT2D eigenvalue weighted by atomic mass is 9.96. The molecule has 3 aliphatic rings. The average molecular weight is 534 g/mol. The molecule has 3 aliphatic heterocycles. The molecule has 0 spiro atoms. The van der Waals surface area contributed by atoms with Crippen molar-refractivity contribution in [2.75, 3.05) is 34.0 Å². The second-order valence-corrected chi connectivity index (χ2v) is 9.19. The minimum Gasteiger partial charge on any atom is -0.418 e. The lowest BCUT2D eigenvalue weighted by Crippen LogP contribution is -2.67. The number of ether oxygens (including phenoxy) is 5. The van der Waals surface area contributed by atoms with E-state index < -0.39 is 112 Å². The summed E-state index contributed by atoms with van der Waals surface area (Å²) in [5.74, 6) is 0. The number of rotatable bonds is 8. The van der Waals surface area contributed by atoms with E-state index in [1.165, 1.54) is 14.2 Å². The summed E-state index contributed by atoms with van der Waals surface area (Å²) >= 11 is 0. The molecule has 16 nitrogen and oxygen atoms in total. The summed E-state index contributed by atoms with van der Waals surface area (Å²) in [6.45, 7) is -2.15. The monoisotopic (exact) mass is 533 g/mol. The maximum absolute atomic E-state index is 11.2. The van der Waals surface area contributed by atoms with Crippen LogP contribution in [-0.2, 0) is 28.1 Å². The van der Waals surface area contributed by atoms with Crippen LogP contribution in [0.25, 0.3) is 0 Å². The molecule has 0 aromatic heterocycles. The molecule has 0 bridgehead atoms. The molecule has 0 aromatic rings. The highest BCUT2D eigenvalue weighted by Crippen LogP contribution is 2.34. The molecule has 10 N–H and O–H groups in total. The van der Waals surface area contributed by atoms with E-state index in [1.54, 1.807) is 0 Å². The first-order valence-corrected chi connectivity index (χ1v) is 11.4. The van der Waals surface area contributed by atoms with Crippen LogP contribution in [0.1, 0.15) is 0 Å². The van der Waals surface area contributed by atoms with Gasteiger partial charge in [-0.2, -0.15) is 0 Å². The van der Waals surface area contributed by atoms with Crippen LogP contribution in [0, 0.1) is 0 Å². The fourth-order valence-electron chi connectivity index (χ4n) is 4.55. The average Bonchev–Trinajstić information content (AvgIpc) is 2.85. The predicted octanol–water partition coefficient (Wildman–Crippen LogP) is -6.75. The van der Waals surface area contributed by atoms with E-state index in [9.17, 15) is 51.1 Å². The maximum Gasteiger partial charge on any atom is 0.236 e. The van der Waals surface area contributed by atoms with Crippen LogP contribution in [0.15, 0.2) is 0 Å². The number of aliphatic hydroxyl groups excluding tert-OH is 10. The molecular weight excluding hydrogens is 496 g/mol. The molecule has 3 saturated heterocycles. The number of aliphatic hydroxyl groups is 10. The van der Waals surface area contributed by atoms with Gasteiger partial charge in [0.1, 0.15) is 75.3 Å². The Morgan fingerprint density at radius 2 is 1.06 bits per heavy atom. The Morgan fingerprint density at radius 3 is 1.61 bits per heavy atom. The lowest BCUT2D eigenvalue weighted by molar-refractivity contribution is -0.396. The van der Waals surface area contributed by atoms with Gasteiger partial charge in [-0.15, -0.1) is 0 Å². The zero-order valence-corrected chi connectivity index (χ0v) is 19.7. The second kappa shape index (κ2) is 12.5. The van der Waals surface area contributed by atoms with E-state index in [-0.39, 0.29) is 0 Å². The van der Waals surface area contributed by atoms with Crippen molar-refractivity contribution in [1.82, 2.24) is 0 Å². The van der Waals surface area contributed by atoms with Crippen molar-refractivity contribution in [2.45, 2.75) is 92.1 Å². The largest absolute Gasteiger partial charge is 0.418 e. The topological polar surface area (TPSA) is 251 Å². The molecule has 16 heteroatoms. The van der Waals surface area contributed by atoms with E-state index >= 15 is 0 Å². The lowest BCUT2D eigenvalue weighted by Gasteiger charge is -2.48. The van der Waals surface area contributed by atoms with Crippen LogP contribution in [0.4, 0.5) is 0 Å². The molecule has 0 saturated carbocycles. The fourth-order valence-corrected chi connectivity index (χ4v) is 4.55. The molecule has 0 amide bonds. The fraction of sp³-hybridized carbons (Fsp3) is 1.00. The highest BCUT2D eigenvalue weighted by Gasteiger charge is 2.56. The van der Waals surface area contributed by atoms with Gasteiger partial charge in [0.05, 0.1) is 19.8 Å². The molecular formula is C20H37O16+. The van der Waals surface area contributed by atoms with Crippen LogP contribution in [0.3, 0.4) is 0 Å². The molecule has 0 radical (unpaired) electrons. The van der Waals surface area contributed by atoms with Crippen molar-refractivity contribution in [3.05, 3.63) is 0 Å². The van der Waals surface area contributed by atoms with Crippen LogP contribution in [0.5, 0.6) is 0 Å². The highest BCUT2D eigenvalue weighted by molar-refractivity contribution is 4.97. The molecule has 0 unspecified atom stereocenters. The van der Waals surface area contributed by atoms with Gasteiger partial charge in [0, 0.05) is 0 Å². The van der Waals surface area contributed by atoms with E-state index in [4.69, 9.17) is 23.7 Å². The third-order valence-electron chi connectivity index (χ3n) is 6.61. The van der Waals surface area contributed by atoms with Gasteiger partial charge >= 0.3 is 0 Å². The quantitative estimate of drug-likeness (QED) is 0.130. The van der Waals surface area contributed by atoms with Gasteiger partial charge in [0.15, 0.2) is 18.7 Å². The standard InChI is InChI=1S/C20H37O16/c1-36(2)17-14(29)16(34-19-13(28)10(25)9(24)6(3-21)32-19)8(5-23)33-20(17)35-15-7(4-22)31-18(30)12(27)11(15)26/h6-30H,3-5H2,1-2H3/q+1/t6-,7-,8-,9+,10+,11-,12-,13-,14+,15-,16+,17-,18-,19-,20+/m1/s1. The zero-order valence-electron chi connectivity index (χ0n) is 19.7. The summed E-state index contributed by atoms with van der Waals surface area (Å²) in [5.41, 5.74) is 0. The van der Waals surface area contributed by atoms with Crippen LogP contribution < -0.4 is 0 Å². The van der Waals surface area contributed by atoms with Crippen LogP contribution >= 0.6 is 0 Å². The summed E-state index contributed by atoms with van der Waals surface area (Å²) in [4.78, 5) is 0. The van der Waals surface area contributed by atoms with Gasteiger partial charge in [0.2, 0.25) is 12.4 Å². The Labute approximate surface area is 206 Å². The van der Waals surface area contributed by atoms with Crippen molar-refractivity contribution in [1.29, 1.82) is 0 Å². The number of hydrogen-bond donors (Lipinski definition) is 10. The first kappa shape index (κ1) is 29.9. The van der Waals surface area contributed by atoms with Crippen molar-refractivity contribution >= 4 is 0 Å². The summed E-state index contributed by atoms with van der Waals surface area (Å²) < 4.78 is 30.0. The normalized spacial score (nSPS) is 50.4. The molecule has 3 fully saturated rings. The molecule has 3 rings (SSSR count). The Kier molecular flexibility index (Phi) is 10.4. The Hall–Kier alpha value is -0.640. The second-order valence-electron chi connectivity index (χ2n) is 9.19. The van der Waals surface area contributed by atoms with Crippen molar-refractivity contribution in [2.24, 2.45) is 0 Å². The molecule has 3 heterocycles. The van der Waals surface area contributed by atoms with Crippen molar-refractivity contribution in [3.63, 3.8) is 0 Å². The van der Waals surface area contributed by atoms with Crippen LogP contribution in [-0.4, -0.2) is 177 Å². The molecule has 15 atom stereocenters. The Balaban J connectivity index is 1.80. The van der Waals surface area contributed by atoms with E-state index in [0.717, 1.165) is 0 Å². The maximum atomic E-state index is 11.2.